The van der Waals surface area contributed by atoms with Crippen molar-refractivity contribution in [1.29, 1.82) is 0 Å². The summed E-state index contributed by atoms with van der Waals surface area (Å²) in [6, 6.07) is 0. The molecule has 112 valence electrons. The fraction of sp³-hybridized carbons (Fsp3) is 0.750. The Labute approximate surface area is 121 Å². The highest BCUT2D eigenvalue weighted by atomic mass is 32.2. The van der Waals surface area contributed by atoms with E-state index in [1.54, 1.807) is 7.11 Å². The van der Waals surface area contributed by atoms with Gasteiger partial charge in [0.15, 0.2) is 5.16 Å². The molecule has 1 aliphatic heterocycles. The Bertz CT molecular complexity index is 446. The Balaban J connectivity index is 2.14. The van der Waals surface area contributed by atoms with Crippen molar-refractivity contribution in [3.05, 3.63) is 5.82 Å². The Morgan fingerprint density at radius 2 is 2.25 bits per heavy atom. The van der Waals surface area contributed by atoms with Crippen molar-refractivity contribution in [3.63, 3.8) is 0 Å². The van der Waals surface area contributed by atoms with Crippen LogP contribution in [0.5, 0.6) is 0 Å². The van der Waals surface area contributed by atoms with E-state index in [1.807, 2.05) is 4.57 Å². The molecule has 2 heterocycles. The van der Waals surface area contributed by atoms with Gasteiger partial charge in [-0.1, -0.05) is 11.8 Å². The van der Waals surface area contributed by atoms with Crippen molar-refractivity contribution in [2.75, 3.05) is 32.7 Å². The molecule has 0 bridgehead atoms. The number of hydrogen-bond acceptors (Lipinski definition) is 6. The second-order valence-electron chi connectivity index (χ2n) is 4.55. The first-order valence-corrected chi connectivity index (χ1v) is 7.55. The van der Waals surface area contributed by atoms with Gasteiger partial charge in [0, 0.05) is 32.8 Å². The highest BCUT2D eigenvalue weighted by Gasteiger charge is 2.23. The van der Waals surface area contributed by atoms with E-state index in [9.17, 15) is 4.79 Å². The van der Waals surface area contributed by atoms with Crippen LogP contribution in [-0.2, 0) is 20.8 Å². The van der Waals surface area contributed by atoms with Crippen LogP contribution in [0.2, 0.25) is 0 Å². The van der Waals surface area contributed by atoms with Gasteiger partial charge >= 0.3 is 5.97 Å². The van der Waals surface area contributed by atoms with Crippen LogP contribution >= 0.6 is 11.8 Å². The third-order valence-corrected chi connectivity index (χ3v) is 4.13. The third kappa shape index (κ3) is 3.94. The zero-order chi connectivity index (χ0) is 14.4. The van der Waals surface area contributed by atoms with Crippen LogP contribution in [-0.4, -0.2) is 58.5 Å². The summed E-state index contributed by atoms with van der Waals surface area (Å²) in [5, 5.41) is 17.8. The summed E-state index contributed by atoms with van der Waals surface area (Å²) in [5.41, 5.74) is 0. The zero-order valence-electron chi connectivity index (χ0n) is 11.4. The molecule has 0 spiro atoms. The highest BCUT2D eigenvalue weighted by molar-refractivity contribution is 7.99. The lowest BCUT2D eigenvalue weighted by atomic mass is 9.99. The minimum absolute atomic E-state index is 0.0150. The molecular weight excluding hydrogens is 282 g/mol. The molecule has 0 radical (unpaired) electrons. The lowest BCUT2D eigenvalue weighted by molar-refractivity contribution is -0.133. The second kappa shape index (κ2) is 7.61. The zero-order valence-corrected chi connectivity index (χ0v) is 12.3. The van der Waals surface area contributed by atoms with E-state index < -0.39 is 5.97 Å². The van der Waals surface area contributed by atoms with E-state index in [0.29, 0.717) is 24.2 Å². The summed E-state index contributed by atoms with van der Waals surface area (Å²) < 4.78 is 12.5. The van der Waals surface area contributed by atoms with Gasteiger partial charge in [-0.25, -0.2) is 0 Å². The van der Waals surface area contributed by atoms with E-state index in [1.165, 1.54) is 11.8 Å². The van der Waals surface area contributed by atoms with Crippen LogP contribution in [0.4, 0.5) is 0 Å². The normalized spacial score (nSPS) is 16.4. The molecule has 0 aromatic carbocycles. The number of carboxylic acids is 1. The van der Waals surface area contributed by atoms with Crippen LogP contribution in [0, 0.1) is 0 Å². The smallest absolute Gasteiger partial charge is 0.313 e. The first kappa shape index (κ1) is 15.3. The van der Waals surface area contributed by atoms with Crippen molar-refractivity contribution in [1.82, 2.24) is 14.8 Å². The average molecular weight is 301 g/mol. The van der Waals surface area contributed by atoms with E-state index >= 15 is 0 Å². The molecule has 8 heteroatoms. The van der Waals surface area contributed by atoms with Gasteiger partial charge in [0.1, 0.15) is 5.82 Å². The largest absolute Gasteiger partial charge is 0.481 e. The van der Waals surface area contributed by atoms with Crippen LogP contribution in [0.25, 0.3) is 0 Å². The first-order valence-electron chi connectivity index (χ1n) is 6.56. The SMILES string of the molecule is COCCn1c(SCC(=O)O)nnc1C1CCOCC1. The summed E-state index contributed by atoms with van der Waals surface area (Å²) in [5.74, 6) is 0.369. The number of nitrogens with zero attached hydrogens (tertiary/aromatic N) is 3. The predicted molar refractivity (Wildman–Crippen MR) is 73.1 cm³/mol. The van der Waals surface area contributed by atoms with E-state index in [-0.39, 0.29) is 5.75 Å². The third-order valence-electron chi connectivity index (χ3n) is 3.18. The Morgan fingerprint density at radius 1 is 1.50 bits per heavy atom. The number of aromatic nitrogens is 3. The van der Waals surface area contributed by atoms with Gasteiger partial charge in [0.05, 0.1) is 12.4 Å². The van der Waals surface area contributed by atoms with Crippen molar-refractivity contribution in [3.8, 4) is 0 Å². The van der Waals surface area contributed by atoms with Crippen LogP contribution in [0.3, 0.4) is 0 Å². The number of methoxy groups -OCH3 is 1. The number of hydrogen-bond donors (Lipinski definition) is 1. The van der Waals surface area contributed by atoms with Crippen molar-refractivity contribution in [2.24, 2.45) is 0 Å². The van der Waals surface area contributed by atoms with E-state index in [0.717, 1.165) is 31.9 Å². The fourth-order valence-electron chi connectivity index (χ4n) is 2.18. The Hall–Kier alpha value is -1.12. The Kier molecular flexibility index (Phi) is 5.81. The summed E-state index contributed by atoms with van der Waals surface area (Å²) >= 11 is 1.19. The maximum atomic E-state index is 10.7. The number of carbonyl (C=O) groups is 1. The molecule has 0 saturated carbocycles. The van der Waals surface area contributed by atoms with Gasteiger partial charge < -0.3 is 19.1 Å². The number of aliphatic carboxylic acids is 1. The molecule has 1 aromatic heterocycles. The average Bonchev–Trinajstić information content (AvgIpc) is 2.86. The molecule has 1 saturated heterocycles. The molecular formula is C12H19N3O4S. The Morgan fingerprint density at radius 3 is 2.90 bits per heavy atom. The quantitative estimate of drug-likeness (QED) is 0.752. The molecule has 20 heavy (non-hydrogen) atoms. The summed E-state index contributed by atoms with van der Waals surface area (Å²) in [6.07, 6.45) is 1.85. The minimum Gasteiger partial charge on any atom is -0.481 e. The van der Waals surface area contributed by atoms with Crippen molar-refractivity contribution < 1.29 is 19.4 Å². The lowest BCUT2D eigenvalue weighted by Gasteiger charge is -2.22. The molecule has 0 amide bonds. The van der Waals surface area contributed by atoms with Gasteiger partial charge in [0.2, 0.25) is 0 Å². The summed E-state index contributed by atoms with van der Waals surface area (Å²) in [6.45, 7) is 2.66. The molecule has 1 N–H and O–H groups in total. The first-order chi connectivity index (χ1) is 9.72. The second-order valence-corrected chi connectivity index (χ2v) is 5.50. The van der Waals surface area contributed by atoms with Crippen LogP contribution in [0.1, 0.15) is 24.6 Å². The molecule has 0 atom stereocenters. The number of rotatable bonds is 7. The maximum Gasteiger partial charge on any atom is 0.313 e. The van der Waals surface area contributed by atoms with Gasteiger partial charge in [-0.05, 0) is 12.8 Å². The number of thioether (sulfide) groups is 1. The molecule has 0 unspecified atom stereocenters. The molecule has 1 aromatic rings. The van der Waals surface area contributed by atoms with Gasteiger partial charge in [-0.3, -0.25) is 4.79 Å². The predicted octanol–water partition coefficient (Wildman–Crippen LogP) is 0.995. The van der Waals surface area contributed by atoms with Crippen LogP contribution < -0.4 is 0 Å². The highest BCUT2D eigenvalue weighted by Crippen LogP contribution is 2.28. The minimum atomic E-state index is -0.857. The molecule has 2 rings (SSSR count). The van der Waals surface area contributed by atoms with Gasteiger partial charge in [-0.15, -0.1) is 10.2 Å². The summed E-state index contributed by atoms with van der Waals surface area (Å²) in [7, 11) is 1.64. The fourth-order valence-corrected chi connectivity index (χ4v) is 2.88. The van der Waals surface area contributed by atoms with E-state index in [2.05, 4.69) is 10.2 Å². The molecule has 1 fully saturated rings. The molecule has 7 nitrogen and oxygen atoms in total. The number of ether oxygens (including phenoxy) is 2. The summed E-state index contributed by atoms with van der Waals surface area (Å²) in [4.78, 5) is 10.7. The maximum absolute atomic E-state index is 10.7. The lowest BCUT2D eigenvalue weighted by Crippen LogP contribution is -2.19. The monoisotopic (exact) mass is 301 g/mol. The van der Waals surface area contributed by atoms with Crippen molar-refractivity contribution in [2.45, 2.75) is 30.5 Å². The van der Waals surface area contributed by atoms with Gasteiger partial charge in [0.25, 0.3) is 0 Å². The number of carboxylic acid groups (broad SMARTS) is 1. The van der Waals surface area contributed by atoms with Gasteiger partial charge in [-0.2, -0.15) is 0 Å². The topological polar surface area (TPSA) is 86.5 Å². The standard InChI is InChI=1S/C12H19N3O4S/c1-18-7-4-15-11(9-2-5-19-6-3-9)13-14-12(15)20-8-10(16)17/h9H,2-8H2,1H3,(H,16,17). The van der Waals surface area contributed by atoms with Crippen molar-refractivity contribution >= 4 is 17.7 Å². The van der Waals surface area contributed by atoms with E-state index in [4.69, 9.17) is 14.6 Å². The molecule has 0 aliphatic carbocycles. The van der Waals surface area contributed by atoms with Crippen LogP contribution in [0.15, 0.2) is 5.16 Å². The molecule has 1 aliphatic rings.